The van der Waals surface area contributed by atoms with Gasteiger partial charge in [-0.15, -0.1) is 0 Å². The Morgan fingerprint density at radius 2 is 1.64 bits per heavy atom. The molecule has 134 valence electrons. The highest BCUT2D eigenvalue weighted by atomic mass is 32.2. The molecule has 0 unspecified atom stereocenters. The van der Waals surface area contributed by atoms with Crippen LogP contribution >= 0.6 is 0 Å². The van der Waals surface area contributed by atoms with Gasteiger partial charge >= 0.3 is 6.18 Å². The highest BCUT2D eigenvalue weighted by Gasteiger charge is 2.61. The van der Waals surface area contributed by atoms with E-state index in [-0.39, 0.29) is 17.2 Å². The number of benzene rings is 2. The Morgan fingerprint density at radius 1 is 1.04 bits per heavy atom. The summed E-state index contributed by atoms with van der Waals surface area (Å²) in [6, 6.07) is 11.6. The fourth-order valence-electron chi connectivity index (χ4n) is 2.68. The first-order chi connectivity index (χ1) is 11.7. The largest absolute Gasteiger partial charge is 0.487 e. The first-order valence-corrected chi connectivity index (χ1v) is 9.00. The van der Waals surface area contributed by atoms with Crippen molar-refractivity contribution in [3.8, 4) is 5.75 Å². The van der Waals surface area contributed by atoms with Crippen LogP contribution in [0.25, 0.3) is 0 Å². The van der Waals surface area contributed by atoms with E-state index in [4.69, 9.17) is 4.74 Å². The van der Waals surface area contributed by atoms with Gasteiger partial charge in [0, 0.05) is 0 Å². The molecule has 0 aromatic heterocycles. The minimum absolute atomic E-state index is 0.162. The van der Waals surface area contributed by atoms with Crippen LogP contribution in [-0.2, 0) is 10.0 Å². The topological polar surface area (TPSA) is 46.6 Å². The molecular formula is C17H16F3NO3S. The molecule has 8 heteroatoms. The predicted molar refractivity (Wildman–Crippen MR) is 85.8 cm³/mol. The summed E-state index contributed by atoms with van der Waals surface area (Å²) in [5.74, 6) is 0.272. The molecule has 1 fully saturated rings. The summed E-state index contributed by atoms with van der Waals surface area (Å²) in [6.07, 6.45) is -6.00. The zero-order chi connectivity index (χ0) is 18.2. The van der Waals surface area contributed by atoms with Crippen molar-refractivity contribution in [2.75, 3.05) is 6.54 Å². The molecule has 0 spiro atoms. The molecule has 0 bridgehead atoms. The minimum Gasteiger partial charge on any atom is -0.487 e. The summed E-state index contributed by atoms with van der Waals surface area (Å²) in [5.41, 5.74) is 0.820. The molecule has 0 amide bonds. The van der Waals surface area contributed by atoms with Gasteiger partial charge in [0.15, 0.2) is 6.04 Å². The Bertz CT molecular complexity index is 836. The highest BCUT2D eigenvalue weighted by molar-refractivity contribution is 7.89. The minimum atomic E-state index is -4.73. The SMILES string of the molecule is Cc1ccc(S(=O)(=O)N2C[C@@H](Oc3ccccc3)[C@H]2C(F)(F)F)cc1. The molecule has 1 aliphatic heterocycles. The number of hydrogen-bond acceptors (Lipinski definition) is 3. The molecule has 3 rings (SSSR count). The van der Waals surface area contributed by atoms with Crippen LogP contribution in [0.2, 0.25) is 0 Å². The third-order valence-electron chi connectivity index (χ3n) is 4.02. The molecule has 0 radical (unpaired) electrons. The van der Waals surface area contributed by atoms with Gasteiger partial charge in [0.2, 0.25) is 10.0 Å². The maximum atomic E-state index is 13.4. The molecular weight excluding hydrogens is 355 g/mol. The monoisotopic (exact) mass is 371 g/mol. The third-order valence-corrected chi connectivity index (χ3v) is 5.88. The molecule has 2 atom stereocenters. The van der Waals surface area contributed by atoms with Crippen LogP contribution in [0, 0.1) is 6.92 Å². The molecule has 1 saturated heterocycles. The van der Waals surface area contributed by atoms with E-state index < -0.39 is 28.3 Å². The zero-order valence-electron chi connectivity index (χ0n) is 13.3. The predicted octanol–water partition coefficient (Wildman–Crippen LogP) is 3.38. The molecule has 2 aromatic rings. The number of halogens is 3. The molecule has 25 heavy (non-hydrogen) atoms. The second kappa shape index (κ2) is 6.34. The van der Waals surface area contributed by atoms with E-state index in [1.54, 1.807) is 37.3 Å². The fraction of sp³-hybridized carbons (Fsp3) is 0.294. The summed E-state index contributed by atoms with van der Waals surface area (Å²) >= 11 is 0. The van der Waals surface area contributed by atoms with Crippen LogP contribution in [0.1, 0.15) is 5.56 Å². The van der Waals surface area contributed by atoms with Gasteiger partial charge in [0.25, 0.3) is 0 Å². The van der Waals surface area contributed by atoms with Gasteiger partial charge in [-0.1, -0.05) is 35.9 Å². The zero-order valence-corrected chi connectivity index (χ0v) is 14.1. The Hall–Kier alpha value is -2.06. The Kier molecular flexibility index (Phi) is 4.51. The van der Waals surface area contributed by atoms with E-state index in [1.165, 1.54) is 24.3 Å². The standard InChI is InChI=1S/C17H16F3NO3S/c1-12-7-9-14(10-8-12)25(22,23)21-11-15(16(21)17(18,19)20)24-13-5-3-2-4-6-13/h2-10,15-16H,11H2,1H3/t15-,16+/m1/s1. The summed E-state index contributed by atoms with van der Waals surface area (Å²) in [6.45, 7) is 1.41. The molecule has 1 aliphatic rings. The lowest BCUT2D eigenvalue weighted by molar-refractivity contribution is -0.221. The summed E-state index contributed by atoms with van der Waals surface area (Å²) in [5, 5.41) is 0. The Balaban J connectivity index is 1.86. The van der Waals surface area contributed by atoms with Crippen molar-refractivity contribution in [1.82, 2.24) is 4.31 Å². The second-order valence-corrected chi connectivity index (χ2v) is 7.73. The maximum absolute atomic E-state index is 13.4. The van der Waals surface area contributed by atoms with Crippen molar-refractivity contribution in [1.29, 1.82) is 0 Å². The van der Waals surface area contributed by atoms with E-state index in [2.05, 4.69) is 0 Å². The number of para-hydroxylation sites is 1. The summed E-state index contributed by atoms with van der Waals surface area (Å²) in [7, 11) is -4.24. The van der Waals surface area contributed by atoms with Crippen molar-refractivity contribution < 1.29 is 26.3 Å². The van der Waals surface area contributed by atoms with E-state index in [0.717, 1.165) is 5.56 Å². The van der Waals surface area contributed by atoms with Crippen LogP contribution in [0.4, 0.5) is 13.2 Å². The number of alkyl halides is 3. The summed E-state index contributed by atoms with van der Waals surface area (Å²) in [4.78, 5) is -0.162. The lowest BCUT2D eigenvalue weighted by atomic mass is 10.0. The fourth-order valence-corrected chi connectivity index (χ4v) is 4.33. The summed E-state index contributed by atoms with van der Waals surface area (Å²) < 4.78 is 71.2. The van der Waals surface area contributed by atoms with Crippen LogP contribution in [0.5, 0.6) is 5.75 Å². The van der Waals surface area contributed by atoms with Crippen molar-refractivity contribution in [2.45, 2.75) is 30.1 Å². The normalized spacial score (nSPS) is 21.6. The van der Waals surface area contributed by atoms with Crippen LogP contribution in [0.3, 0.4) is 0 Å². The van der Waals surface area contributed by atoms with Crippen molar-refractivity contribution in [3.63, 3.8) is 0 Å². The van der Waals surface area contributed by atoms with Crippen LogP contribution in [0.15, 0.2) is 59.5 Å². The van der Waals surface area contributed by atoms with Gasteiger partial charge in [0.1, 0.15) is 11.9 Å². The quantitative estimate of drug-likeness (QED) is 0.828. The van der Waals surface area contributed by atoms with Crippen molar-refractivity contribution >= 4 is 10.0 Å². The second-order valence-electron chi connectivity index (χ2n) is 5.84. The molecule has 0 N–H and O–H groups in total. The number of rotatable bonds is 4. The average molecular weight is 371 g/mol. The maximum Gasteiger partial charge on any atom is 0.408 e. The van der Waals surface area contributed by atoms with E-state index in [1.807, 2.05) is 0 Å². The number of ether oxygens (including phenoxy) is 1. The van der Waals surface area contributed by atoms with Gasteiger partial charge < -0.3 is 4.74 Å². The third kappa shape index (κ3) is 3.50. The van der Waals surface area contributed by atoms with Crippen LogP contribution in [-0.4, -0.2) is 37.6 Å². The molecule has 0 saturated carbocycles. The first kappa shape index (κ1) is 17.8. The van der Waals surface area contributed by atoms with E-state index >= 15 is 0 Å². The molecule has 1 heterocycles. The number of aryl methyl sites for hydroxylation is 1. The van der Waals surface area contributed by atoms with Crippen LogP contribution < -0.4 is 4.74 Å². The Morgan fingerprint density at radius 3 is 2.20 bits per heavy atom. The molecule has 2 aromatic carbocycles. The van der Waals surface area contributed by atoms with Gasteiger partial charge in [-0.25, -0.2) is 8.42 Å². The van der Waals surface area contributed by atoms with Crippen molar-refractivity contribution in [2.24, 2.45) is 0 Å². The van der Waals surface area contributed by atoms with Crippen molar-refractivity contribution in [3.05, 3.63) is 60.2 Å². The van der Waals surface area contributed by atoms with E-state index in [9.17, 15) is 21.6 Å². The van der Waals surface area contributed by atoms with Gasteiger partial charge in [-0.2, -0.15) is 17.5 Å². The Labute approximate surface area is 143 Å². The average Bonchev–Trinajstić information content (AvgIpc) is 2.50. The molecule has 0 aliphatic carbocycles. The number of nitrogens with zero attached hydrogens (tertiary/aromatic N) is 1. The highest BCUT2D eigenvalue weighted by Crippen LogP contribution is 2.39. The van der Waals surface area contributed by atoms with Gasteiger partial charge in [-0.3, -0.25) is 0 Å². The lowest BCUT2D eigenvalue weighted by Crippen LogP contribution is -2.69. The van der Waals surface area contributed by atoms with Gasteiger partial charge in [-0.05, 0) is 31.2 Å². The van der Waals surface area contributed by atoms with Gasteiger partial charge in [0.05, 0.1) is 11.4 Å². The number of hydrogen-bond donors (Lipinski definition) is 0. The molecule has 4 nitrogen and oxygen atoms in total. The number of sulfonamides is 1. The lowest BCUT2D eigenvalue weighted by Gasteiger charge is -2.46. The smallest absolute Gasteiger partial charge is 0.408 e. The first-order valence-electron chi connectivity index (χ1n) is 7.56. The van der Waals surface area contributed by atoms with E-state index in [0.29, 0.717) is 4.31 Å².